The van der Waals surface area contributed by atoms with E-state index in [4.69, 9.17) is 4.74 Å². The lowest BCUT2D eigenvalue weighted by molar-refractivity contribution is 0.0596. The van der Waals surface area contributed by atoms with E-state index in [0.29, 0.717) is 6.04 Å². The lowest BCUT2D eigenvalue weighted by Gasteiger charge is -2.24. The normalized spacial score (nSPS) is 21.4. The number of ether oxygens (including phenoxy) is 1. The zero-order chi connectivity index (χ0) is 11.0. The van der Waals surface area contributed by atoms with Crippen LogP contribution in [0.2, 0.25) is 0 Å². The number of pyridine rings is 1. The first-order valence-electron chi connectivity index (χ1n) is 5.73. The van der Waals surface area contributed by atoms with Gasteiger partial charge in [0.1, 0.15) is 11.3 Å². The van der Waals surface area contributed by atoms with Crippen molar-refractivity contribution in [1.82, 2.24) is 14.5 Å². The standard InChI is InChI=1S/C12H15N3O/c1-9-14-11-5-2-6-13-12(11)15(9)10-4-3-7-16-8-10/h2,5-6,10H,3-4,7-8H2,1H3. The molecule has 4 heteroatoms. The maximum Gasteiger partial charge on any atom is 0.160 e. The minimum absolute atomic E-state index is 0.397. The van der Waals surface area contributed by atoms with Gasteiger partial charge in [0.05, 0.1) is 12.6 Å². The van der Waals surface area contributed by atoms with Gasteiger partial charge >= 0.3 is 0 Å². The van der Waals surface area contributed by atoms with Crippen molar-refractivity contribution >= 4 is 11.2 Å². The van der Waals surface area contributed by atoms with Crippen molar-refractivity contribution < 1.29 is 4.74 Å². The third-order valence-electron chi connectivity index (χ3n) is 3.13. The highest BCUT2D eigenvalue weighted by atomic mass is 16.5. The van der Waals surface area contributed by atoms with E-state index in [1.807, 2.05) is 25.3 Å². The molecule has 0 radical (unpaired) electrons. The minimum atomic E-state index is 0.397. The van der Waals surface area contributed by atoms with Crippen LogP contribution < -0.4 is 0 Å². The van der Waals surface area contributed by atoms with Crippen LogP contribution in [0.25, 0.3) is 11.2 Å². The maximum atomic E-state index is 5.53. The van der Waals surface area contributed by atoms with Crippen LogP contribution in [0.1, 0.15) is 24.7 Å². The van der Waals surface area contributed by atoms with Crippen LogP contribution in [-0.2, 0) is 4.74 Å². The number of rotatable bonds is 1. The van der Waals surface area contributed by atoms with Crippen LogP contribution in [0.15, 0.2) is 18.3 Å². The van der Waals surface area contributed by atoms with Crippen LogP contribution in [0.5, 0.6) is 0 Å². The van der Waals surface area contributed by atoms with Gasteiger partial charge in [0.2, 0.25) is 0 Å². The molecule has 16 heavy (non-hydrogen) atoms. The van der Waals surface area contributed by atoms with Crippen LogP contribution in [0.3, 0.4) is 0 Å². The van der Waals surface area contributed by atoms with Gasteiger partial charge in [0.15, 0.2) is 5.65 Å². The highest BCUT2D eigenvalue weighted by Gasteiger charge is 2.20. The Morgan fingerprint density at radius 3 is 3.25 bits per heavy atom. The Kier molecular flexibility index (Phi) is 2.36. The molecule has 1 saturated heterocycles. The summed E-state index contributed by atoms with van der Waals surface area (Å²) >= 11 is 0. The molecule has 1 unspecified atom stereocenters. The van der Waals surface area contributed by atoms with Gasteiger partial charge in [-0.3, -0.25) is 0 Å². The van der Waals surface area contributed by atoms with Crippen molar-refractivity contribution in [3.05, 3.63) is 24.2 Å². The fourth-order valence-electron chi connectivity index (χ4n) is 2.41. The number of imidazole rings is 1. The molecule has 0 aliphatic carbocycles. The first-order chi connectivity index (χ1) is 7.86. The molecule has 0 amide bonds. The topological polar surface area (TPSA) is 39.9 Å². The van der Waals surface area contributed by atoms with E-state index in [2.05, 4.69) is 14.5 Å². The highest BCUT2D eigenvalue weighted by molar-refractivity contribution is 5.71. The molecule has 0 aromatic carbocycles. The Morgan fingerprint density at radius 2 is 2.44 bits per heavy atom. The minimum Gasteiger partial charge on any atom is -0.379 e. The molecule has 0 spiro atoms. The molecule has 1 aliphatic heterocycles. The van der Waals surface area contributed by atoms with E-state index in [-0.39, 0.29) is 0 Å². The number of aromatic nitrogens is 3. The SMILES string of the molecule is Cc1nc2cccnc2n1C1CCCOC1. The number of aryl methyl sites for hydroxylation is 1. The molecule has 1 aliphatic rings. The van der Waals surface area contributed by atoms with Gasteiger partial charge in [-0.2, -0.15) is 0 Å². The van der Waals surface area contributed by atoms with Gasteiger partial charge in [-0.25, -0.2) is 9.97 Å². The zero-order valence-electron chi connectivity index (χ0n) is 9.39. The second kappa shape index (κ2) is 3.87. The summed E-state index contributed by atoms with van der Waals surface area (Å²) in [4.78, 5) is 8.96. The monoisotopic (exact) mass is 217 g/mol. The highest BCUT2D eigenvalue weighted by Crippen LogP contribution is 2.25. The Morgan fingerprint density at radius 1 is 1.50 bits per heavy atom. The first-order valence-corrected chi connectivity index (χ1v) is 5.73. The summed E-state index contributed by atoms with van der Waals surface area (Å²) in [5.74, 6) is 1.03. The lowest BCUT2D eigenvalue weighted by atomic mass is 10.1. The molecule has 2 aromatic heterocycles. The van der Waals surface area contributed by atoms with E-state index in [9.17, 15) is 0 Å². The third-order valence-corrected chi connectivity index (χ3v) is 3.13. The van der Waals surface area contributed by atoms with Crippen molar-refractivity contribution in [3.63, 3.8) is 0 Å². The van der Waals surface area contributed by atoms with Gasteiger partial charge in [-0.05, 0) is 31.9 Å². The molecule has 1 atom stereocenters. The number of hydrogen-bond acceptors (Lipinski definition) is 3. The van der Waals surface area contributed by atoms with Crippen molar-refractivity contribution in [3.8, 4) is 0 Å². The summed E-state index contributed by atoms with van der Waals surface area (Å²) in [5.41, 5.74) is 1.96. The van der Waals surface area contributed by atoms with Crippen LogP contribution in [0.4, 0.5) is 0 Å². The predicted octanol–water partition coefficient (Wildman–Crippen LogP) is 2.09. The fraction of sp³-hybridized carbons (Fsp3) is 0.500. The molecule has 3 heterocycles. The van der Waals surface area contributed by atoms with E-state index < -0.39 is 0 Å². The summed E-state index contributed by atoms with van der Waals surface area (Å²) in [5, 5.41) is 0. The molecule has 1 fully saturated rings. The summed E-state index contributed by atoms with van der Waals surface area (Å²) < 4.78 is 7.75. The second-order valence-electron chi connectivity index (χ2n) is 4.25. The van der Waals surface area contributed by atoms with E-state index in [1.165, 1.54) is 0 Å². The van der Waals surface area contributed by atoms with Gasteiger partial charge in [-0.1, -0.05) is 0 Å². The first kappa shape index (κ1) is 9.78. The summed E-state index contributed by atoms with van der Waals surface area (Å²) in [7, 11) is 0. The van der Waals surface area contributed by atoms with Gasteiger partial charge in [-0.15, -0.1) is 0 Å². The zero-order valence-corrected chi connectivity index (χ0v) is 9.39. The molecular weight excluding hydrogens is 202 g/mol. The van der Waals surface area contributed by atoms with E-state index in [1.54, 1.807) is 0 Å². The number of fused-ring (bicyclic) bond motifs is 1. The van der Waals surface area contributed by atoms with Crippen molar-refractivity contribution in [2.24, 2.45) is 0 Å². The summed E-state index contributed by atoms with van der Waals surface area (Å²) in [6, 6.07) is 4.33. The van der Waals surface area contributed by atoms with Crippen LogP contribution in [-0.4, -0.2) is 27.7 Å². The van der Waals surface area contributed by atoms with Gasteiger partial charge < -0.3 is 9.30 Å². The quantitative estimate of drug-likeness (QED) is 0.734. The Balaban J connectivity index is 2.10. The maximum absolute atomic E-state index is 5.53. The Labute approximate surface area is 94.3 Å². The largest absolute Gasteiger partial charge is 0.379 e. The number of hydrogen-bond donors (Lipinski definition) is 0. The predicted molar refractivity (Wildman–Crippen MR) is 61.4 cm³/mol. The molecule has 84 valence electrons. The average Bonchev–Trinajstić information content (AvgIpc) is 2.66. The van der Waals surface area contributed by atoms with Crippen molar-refractivity contribution in [2.45, 2.75) is 25.8 Å². The Bertz CT molecular complexity index is 500. The van der Waals surface area contributed by atoms with Crippen molar-refractivity contribution in [2.75, 3.05) is 13.2 Å². The molecular formula is C12H15N3O. The van der Waals surface area contributed by atoms with E-state index >= 15 is 0 Å². The summed E-state index contributed by atoms with van der Waals surface area (Å²) in [6.07, 6.45) is 4.10. The molecule has 3 rings (SSSR count). The van der Waals surface area contributed by atoms with E-state index in [0.717, 1.165) is 43.0 Å². The average molecular weight is 217 g/mol. The smallest absolute Gasteiger partial charge is 0.160 e. The fourth-order valence-corrected chi connectivity index (χ4v) is 2.41. The van der Waals surface area contributed by atoms with Crippen LogP contribution in [0, 0.1) is 6.92 Å². The lowest BCUT2D eigenvalue weighted by Crippen LogP contribution is -2.22. The van der Waals surface area contributed by atoms with Gasteiger partial charge in [0, 0.05) is 12.8 Å². The second-order valence-corrected chi connectivity index (χ2v) is 4.25. The van der Waals surface area contributed by atoms with Crippen molar-refractivity contribution in [1.29, 1.82) is 0 Å². The molecule has 0 saturated carbocycles. The summed E-state index contributed by atoms with van der Waals surface area (Å²) in [6.45, 7) is 3.70. The molecule has 0 bridgehead atoms. The number of nitrogens with zero attached hydrogens (tertiary/aromatic N) is 3. The molecule has 2 aromatic rings. The van der Waals surface area contributed by atoms with Gasteiger partial charge in [0.25, 0.3) is 0 Å². The third kappa shape index (κ3) is 1.50. The Hall–Kier alpha value is -1.42. The molecule has 4 nitrogen and oxygen atoms in total. The molecule has 0 N–H and O–H groups in total. The van der Waals surface area contributed by atoms with Crippen LogP contribution >= 0.6 is 0 Å².